The lowest BCUT2D eigenvalue weighted by Crippen LogP contribution is -2.32. The van der Waals surface area contributed by atoms with E-state index in [1.54, 1.807) is 19.2 Å². The van der Waals surface area contributed by atoms with E-state index in [-0.39, 0.29) is 5.91 Å². The number of fused-ring (bicyclic) bond motifs is 1. The average molecular weight is 461 g/mol. The quantitative estimate of drug-likeness (QED) is 0.489. The van der Waals surface area contributed by atoms with Crippen LogP contribution in [-0.4, -0.2) is 45.2 Å². The molecule has 0 bridgehead atoms. The Labute approximate surface area is 201 Å². The van der Waals surface area contributed by atoms with Crippen molar-refractivity contribution in [3.05, 3.63) is 82.9 Å². The van der Waals surface area contributed by atoms with Crippen LogP contribution in [0.15, 0.2) is 60.7 Å². The van der Waals surface area contributed by atoms with Crippen LogP contribution in [0.2, 0.25) is 0 Å². The minimum Gasteiger partial charge on any atom is -0.493 e. The van der Waals surface area contributed by atoms with Gasteiger partial charge >= 0.3 is 0 Å². The van der Waals surface area contributed by atoms with Gasteiger partial charge in [0.2, 0.25) is 5.75 Å². The molecule has 178 valence electrons. The Hall–Kier alpha value is -3.51. The van der Waals surface area contributed by atoms with Crippen LogP contribution in [-0.2, 0) is 19.4 Å². The van der Waals surface area contributed by atoms with Gasteiger partial charge in [0.25, 0.3) is 5.91 Å². The first-order valence-electron chi connectivity index (χ1n) is 11.6. The Morgan fingerprint density at radius 2 is 1.68 bits per heavy atom. The molecule has 0 saturated carbocycles. The van der Waals surface area contributed by atoms with Gasteiger partial charge in [0.15, 0.2) is 11.5 Å². The number of carbonyl (C=O) groups excluding carboxylic acids is 1. The summed E-state index contributed by atoms with van der Waals surface area (Å²) in [6, 6.07) is 20.1. The summed E-state index contributed by atoms with van der Waals surface area (Å²) < 4.78 is 16.1. The summed E-state index contributed by atoms with van der Waals surface area (Å²) in [5, 5.41) is 3.10. The Bertz CT molecular complexity index is 1110. The molecule has 4 rings (SSSR count). The van der Waals surface area contributed by atoms with Crippen molar-refractivity contribution in [2.24, 2.45) is 0 Å². The summed E-state index contributed by atoms with van der Waals surface area (Å²) in [5.41, 5.74) is 5.18. The van der Waals surface area contributed by atoms with Crippen molar-refractivity contribution in [3.63, 3.8) is 0 Å². The monoisotopic (exact) mass is 460 g/mol. The molecule has 0 aromatic heterocycles. The van der Waals surface area contributed by atoms with Crippen LogP contribution in [0, 0.1) is 0 Å². The van der Waals surface area contributed by atoms with E-state index in [0.29, 0.717) is 22.8 Å². The number of hydrogen-bond acceptors (Lipinski definition) is 5. The second-order valence-electron chi connectivity index (χ2n) is 8.43. The average Bonchev–Trinajstić information content (AvgIpc) is 2.88. The maximum atomic E-state index is 13.1. The molecule has 1 aliphatic rings. The van der Waals surface area contributed by atoms with E-state index in [1.807, 2.05) is 12.1 Å². The van der Waals surface area contributed by atoms with Crippen molar-refractivity contribution in [2.45, 2.75) is 25.8 Å². The topological polar surface area (TPSA) is 60.0 Å². The van der Waals surface area contributed by atoms with Gasteiger partial charge in [-0.3, -0.25) is 9.69 Å². The van der Waals surface area contributed by atoms with E-state index >= 15 is 0 Å². The maximum Gasteiger partial charge on any atom is 0.255 e. The molecule has 3 aromatic carbocycles. The molecule has 1 aliphatic heterocycles. The highest BCUT2D eigenvalue weighted by atomic mass is 16.5. The third-order valence-corrected chi connectivity index (χ3v) is 6.30. The zero-order chi connectivity index (χ0) is 23.9. The number of carbonyl (C=O) groups is 1. The fourth-order valence-electron chi connectivity index (χ4n) is 4.53. The van der Waals surface area contributed by atoms with E-state index in [4.69, 9.17) is 14.2 Å². The zero-order valence-electron chi connectivity index (χ0n) is 20.1. The molecule has 6 heteroatoms. The zero-order valence-corrected chi connectivity index (χ0v) is 20.1. The second kappa shape index (κ2) is 11.1. The van der Waals surface area contributed by atoms with Gasteiger partial charge in [-0.2, -0.15) is 0 Å². The third kappa shape index (κ3) is 5.34. The van der Waals surface area contributed by atoms with Gasteiger partial charge in [0, 0.05) is 24.3 Å². The molecule has 34 heavy (non-hydrogen) atoms. The van der Waals surface area contributed by atoms with E-state index in [2.05, 4.69) is 46.6 Å². The first-order chi connectivity index (χ1) is 16.6. The summed E-state index contributed by atoms with van der Waals surface area (Å²) in [7, 11) is 4.62. The Morgan fingerprint density at radius 1 is 0.941 bits per heavy atom. The number of anilines is 1. The standard InChI is InChI=1S/C28H32N2O4/c1-32-25-17-22(18-26(33-2)27(25)34-3)28(31)29-24-13-7-12-21-19-30(16-14-23(21)24)15-8-11-20-9-5-4-6-10-20/h4-7,9-10,12-13,17-18H,8,11,14-16,19H2,1-3H3,(H,29,31). The van der Waals surface area contributed by atoms with Crippen molar-refractivity contribution < 1.29 is 19.0 Å². The number of ether oxygens (including phenoxy) is 3. The predicted octanol–water partition coefficient (Wildman–Crippen LogP) is 4.96. The van der Waals surface area contributed by atoms with Gasteiger partial charge in [-0.1, -0.05) is 42.5 Å². The second-order valence-corrected chi connectivity index (χ2v) is 8.43. The number of methoxy groups -OCH3 is 3. The predicted molar refractivity (Wildman–Crippen MR) is 134 cm³/mol. The largest absolute Gasteiger partial charge is 0.493 e. The van der Waals surface area contributed by atoms with Gasteiger partial charge < -0.3 is 19.5 Å². The lowest BCUT2D eigenvalue weighted by atomic mass is 9.97. The first kappa shape index (κ1) is 23.6. The van der Waals surface area contributed by atoms with Gasteiger partial charge in [0.05, 0.1) is 21.3 Å². The molecule has 6 nitrogen and oxygen atoms in total. The highest BCUT2D eigenvalue weighted by molar-refractivity contribution is 6.05. The molecular formula is C28H32N2O4. The van der Waals surface area contributed by atoms with Crippen LogP contribution < -0.4 is 19.5 Å². The fourth-order valence-corrected chi connectivity index (χ4v) is 4.53. The van der Waals surface area contributed by atoms with E-state index in [0.717, 1.165) is 44.6 Å². The molecule has 1 N–H and O–H groups in total. The summed E-state index contributed by atoms with van der Waals surface area (Å²) in [6.07, 6.45) is 3.14. The Morgan fingerprint density at radius 3 is 2.35 bits per heavy atom. The highest BCUT2D eigenvalue weighted by Crippen LogP contribution is 2.38. The van der Waals surface area contributed by atoms with Gasteiger partial charge in [-0.15, -0.1) is 0 Å². The summed E-state index contributed by atoms with van der Waals surface area (Å²) >= 11 is 0. The van der Waals surface area contributed by atoms with Gasteiger partial charge in [-0.25, -0.2) is 0 Å². The van der Waals surface area contributed by atoms with Crippen LogP contribution in [0.1, 0.15) is 33.5 Å². The summed E-state index contributed by atoms with van der Waals surface area (Å²) in [6.45, 7) is 2.95. The van der Waals surface area contributed by atoms with Crippen molar-refractivity contribution in [1.82, 2.24) is 4.90 Å². The maximum absolute atomic E-state index is 13.1. The summed E-state index contributed by atoms with van der Waals surface area (Å²) in [5.74, 6) is 1.16. The van der Waals surface area contributed by atoms with Crippen LogP contribution in [0.25, 0.3) is 0 Å². The number of nitrogens with zero attached hydrogens (tertiary/aromatic N) is 1. The molecule has 0 spiro atoms. The number of aryl methyl sites for hydroxylation is 1. The van der Waals surface area contributed by atoms with E-state index in [9.17, 15) is 4.79 Å². The number of benzene rings is 3. The van der Waals surface area contributed by atoms with Crippen LogP contribution in [0.5, 0.6) is 17.2 Å². The molecule has 0 fully saturated rings. The first-order valence-corrected chi connectivity index (χ1v) is 11.6. The normalized spacial score (nSPS) is 13.1. The number of nitrogens with one attached hydrogen (secondary N) is 1. The number of hydrogen-bond donors (Lipinski definition) is 1. The molecule has 0 aliphatic carbocycles. The Balaban J connectivity index is 1.43. The SMILES string of the molecule is COc1cc(C(=O)Nc2cccc3c2CCN(CCCc2ccccc2)C3)cc(OC)c1OC. The van der Waals surface area contributed by atoms with Crippen LogP contribution in [0.4, 0.5) is 5.69 Å². The lowest BCUT2D eigenvalue weighted by molar-refractivity contribution is 0.102. The van der Waals surface area contributed by atoms with E-state index < -0.39 is 0 Å². The van der Waals surface area contributed by atoms with Crippen LogP contribution >= 0.6 is 0 Å². The molecular weight excluding hydrogens is 428 g/mol. The number of rotatable bonds is 9. The molecule has 3 aromatic rings. The van der Waals surface area contributed by atoms with Crippen molar-refractivity contribution in [1.29, 1.82) is 0 Å². The van der Waals surface area contributed by atoms with Crippen molar-refractivity contribution in [2.75, 3.05) is 39.7 Å². The minimum atomic E-state index is -0.210. The molecule has 1 amide bonds. The van der Waals surface area contributed by atoms with Crippen molar-refractivity contribution in [3.8, 4) is 17.2 Å². The third-order valence-electron chi connectivity index (χ3n) is 6.30. The number of amides is 1. The lowest BCUT2D eigenvalue weighted by Gasteiger charge is -2.30. The minimum absolute atomic E-state index is 0.210. The highest BCUT2D eigenvalue weighted by Gasteiger charge is 2.21. The van der Waals surface area contributed by atoms with E-state index in [1.165, 1.54) is 30.9 Å². The molecule has 1 heterocycles. The molecule has 0 unspecified atom stereocenters. The van der Waals surface area contributed by atoms with Gasteiger partial charge in [-0.05, 0) is 60.7 Å². The summed E-state index contributed by atoms with van der Waals surface area (Å²) in [4.78, 5) is 15.6. The van der Waals surface area contributed by atoms with Crippen LogP contribution in [0.3, 0.4) is 0 Å². The smallest absolute Gasteiger partial charge is 0.255 e. The van der Waals surface area contributed by atoms with Gasteiger partial charge in [0.1, 0.15) is 0 Å². The van der Waals surface area contributed by atoms with Crippen molar-refractivity contribution >= 4 is 11.6 Å². The molecule has 0 saturated heterocycles. The molecule has 0 atom stereocenters. The molecule has 0 radical (unpaired) electrons. The Kier molecular flexibility index (Phi) is 7.70. The fraction of sp³-hybridized carbons (Fsp3) is 0.321.